The van der Waals surface area contributed by atoms with Crippen LogP contribution in [0.3, 0.4) is 0 Å². The highest BCUT2D eigenvalue weighted by atomic mass is 19.2. The summed E-state index contributed by atoms with van der Waals surface area (Å²) in [5.74, 6) is -8.12. The molecule has 2 aromatic heterocycles. The summed E-state index contributed by atoms with van der Waals surface area (Å²) in [6.07, 6.45) is 0. The van der Waals surface area contributed by atoms with E-state index in [1.54, 1.807) is 0 Å². The quantitative estimate of drug-likeness (QED) is 0.0529. The van der Waals surface area contributed by atoms with Gasteiger partial charge < -0.3 is 41.5 Å². The second-order valence-electron chi connectivity index (χ2n) is 18.5. The standard InChI is InChI=1S/C30H27F4N7O2.C24H23F3N6O3/c1-16-20(13-17(14-24(16)34)28(42)37-19-9-7-18(31)8-10-19)25-21-15-36-30(43)41(26-22(32)5-4-6-23(26)33)27(21)39-29(38-25)35-11-12-40(2)3;1-12-14(9-13(22(34)35)10-18(12)27)19-15-11-29-24(36)33(20-16(25)5-4-6-17(20)26)21(15)31-23(30-19)28-7-8-32(2)3/h4-10,13-14H,11-12,15H2,1-3H3,(H,36,43)(H,37,42)(H,35,38,39);4-6,9-10H,7-8,11H2,1-3H3,(H,29,36)(H,34,35)(H,28,30,31). The van der Waals surface area contributed by atoms with Crippen molar-refractivity contribution in [1.82, 2.24) is 40.4 Å². The number of hydrogen-bond donors (Lipinski definition) is 6. The predicted molar refractivity (Wildman–Crippen MR) is 281 cm³/mol. The number of benzene rings is 5. The van der Waals surface area contributed by atoms with Crippen LogP contribution in [0.15, 0.2) is 84.9 Å². The van der Waals surface area contributed by atoms with Crippen molar-refractivity contribution in [2.75, 3.05) is 80.1 Å². The molecule has 4 heterocycles. The van der Waals surface area contributed by atoms with Gasteiger partial charge in [-0.05, 0) is 126 Å². The number of carboxylic acids is 1. The smallest absolute Gasteiger partial charge is 0.335 e. The number of urea groups is 2. The van der Waals surface area contributed by atoms with Crippen LogP contribution in [0.4, 0.5) is 80.9 Å². The number of aromatic nitrogens is 4. The Balaban J connectivity index is 0.000000211. The first kappa shape index (κ1) is 56.0. The van der Waals surface area contributed by atoms with Gasteiger partial charge in [-0.3, -0.25) is 4.79 Å². The van der Waals surface area contributed by atoms with Crippen LogP contribution in [0.5, 0.6) is 0 Å². The van der Waals surface area contributed by atoms with Crippen LogP contribution in [0, 0.1) is 54.6 Å². The number of amides is 5. The molecule has 9 rings (SSSR count). The van der Waals surface area contributed by atoms with E-state index >= 15 is 4.39 Å². The van der Waals surface area contributed by atoms with E-state index in [1.165, 1.54) is 62.4 Å². The van der Waals surface area contributed by atoms with Crippen LogP contribution in [0.2, 0.25) is 0 Å². The Labute approximate surface area is 447 Å². The highest BCUT2D eigenvalue weighted by Gasteiger charge is 2.37. The summed E-state index contributed by atoms with van der Waals surface area (Å²) in [6, 6.07) is 14.5. The fourth-order valence-corrected chi connectivity index (χ4v) is 8.37. The molecule has 0 aliphatic carbocycles. The monoisotopic (exact) mass is 1090 g/mol. The maximum absolute atomic E-state index is 15.3. The van der Waals surface area contributed by atoms with E-state index in [9.17, 15) is 50.6 Å². The normalized spacial score (nSPS) is 12.8. The van der Waals surface area contributed by atoms with Gasteiger partial charge in [0.1, 0.15) is 52.1 Å². The molecule has 0 atom stereocenters. The number of carboxylic acid groups (broad SMARTS) is 1. The number of carbonyl (C=O) groups excluding carboxylic acids is 3. The Morgan fingerprint density at radius 2 is 0.987 bits per heavy atom. The molecule has 0 fully saturated rings. The number of nitrogens with one attached hydrogen (secondary N) is 5. The zero-order valence-electron chi connectivity index (χ0n) is 43.1. The highest BCUT2D eigenvalue weighted by Crippen LogP contribution is 2.42. The lowest BCUT2D eigenvalue weighted by atomic mass is 9.97. The molecule has 2 aliphatic rings. The first-order valence-electron chi connectivity index (χ1n) is 24.2. The van der Waals surface area contributed by atoms with E-state index in [1.807, 2.05) is 38.0 Å². The molecular formula is C54H50F7N13O5. The summed E-state index contributed by atoms with van der Waals surface area (Å²) in [5, 5.41) is 23.2. The van der Waals surface area contributed by atoms with Crippen LogP contribution in [0.1, 0.15) is 43.0 Å². The largest absolute Gasteiger partial charge is 0.478 e. The molecule has 25 heteroatoms. The molecule has 0 saturated carbocycles. The third-order valence-electron chi connectivity index (χ3n) is 12.4. The Morgan fingerprint density at radius 3 is 1.39 bits per heavy atom. The number of rotatable bonds is 15. The molecule has 18 nitrogen and oxygen atoms in total. The minimum absolute atomic E-state index is 0.0163. The molecule has 2 aliphatic heterocycles. The zero-order chi connectivity index (χ0) is 57.0. The van der Waals surface area contributed by atoms with Gasteiger partial charge in [-0.25, -0.2) is 64.9 Å². The van der Waals surface area contributed by atoms with Crippen LogP contribution in [-0.4, -0.2) is 113 Å². The average molecular weight is 1090 g/mol. The van der Waals surface area contributed by atoms with Crippen molar-refractivity contribution in [1.29, 1.82) is 0 Å². The topological polar surface area (TPSA) is 213 Å². The Hall–Kier alpha value is -9.23. The molecule has 5 aromatic carbocycles. The Kier molecular flexibility index (Phi) is 16.7. The number of carbonyl (C=O) groups is 4. The van der Waals surface area contributed by atoms with Crippen LogP contribution in [0.25, 0.3) is 22.5 Å². The molecule has 410 valence electrons. The molecular weight excluding hydrogens is 1040 g/mol. The fourth-order valence-electron chi connectivity index (χ4n) is 8.37. The van der Waals surface area contributed by atoms with Gasteiger partial charge in [-0.15, -0.1) is 0 Å². The minimum atomic E-state index is -1.34. The van der Waals surface area contributed by atoms with Gasteiger partial charge in [0.2, 0.25) is 11.9 Å². The summed E-state index contributed by atoms with van der Waals surface area (Å²) < 4.78 is 103. The molecule has 0 saturated heterocycles. The van der Waals surface area contributed by atoms with E-state index in [-0.39, 0.29) is 92.5 Å². The first-order chi connectivity index (χ1) is 37.6. The number of likely N-dealkylation sites (N-methyl/N-ethyl adjacent to an activating group) is 2. The average Bonchev–Trinajstić information content (AvgIpc) is 3.58. The summed E-state index contributed by atoms with van der Waals surface area (Å²) in [6.45, 7) is 4.61. The van der Waals surface area contributed by atoms with E-state index in [0.29, 0.717) is 31.9 Å². The van der Waals surface area contributed by atoms with Crippen LogP contribution >= 0.6 is 0 Å². The second-order valence-corrected chi connectivity index (χ2v) is 18.5. The summed E-state index contributed by atoms with van der Waals surface area (Å²) in [5.41, 5.74) is -0.00323. The Morgan fingerprint density at radius 1 is 0.582 bits per heavy atom. The second kappa shape index (κ2) is 23.6. The Bertz CT molecular complexity index is 3490. The predicted octanol–water partition coefficient (Wildman–Crippen LogP) is 9.50. The molecule has 0 radical (unpaired) electrons. The molecule has 0 unspecified atom stereocenters. The maximum Gasteiger partial charge on any atom is 0.335 e. The van der Waals surface area contributed by atoms with Crippen LogP contribution < -0.4 is 36.4 Å². The number of anilines is 7. The molecule has 5 amide bonds. The maximum atomic E-state index is 15.3. The van der Waals surface area contributed by atoms with Crippen molar-refractivity contribution < 1.29 is 55.0 Å². The summed E-state index contributed by atoms with van der Waals surface area (Å²) in [7, 11) is 7.44. The number of para-hydroxylation sites is 2. The SMILES string of the molecule is Cc1c(F)cc(C(=O)Nc2ccc(F)cc2)cc1-c1nc(NCCN(C)C)nc2c1CNC(=O)N2c1c(F)cccc1F.Cc1c(F)cc(C(=O)O)cc1-c1nc(NCCN(C)C)nc2c1CNC(=O)N2c1c(F)cccc1F. The van der Waals surface area contributed by atoms with Gasteiger partial charge in [0.25, 0.3) is 5.91 Å². The summed E-state index contributed by atoms with van der Waals surface area (Å²) >= 11 is 0. The molecule has 7 aromatic rings. The molecule has 0 spiro atoms. The van der Waals surface area contributed by atoms with Crippen molar-refractivity contribution in [3.05, 3.63) is 159 Å². The van der Waals surface area contributed by atoms with Gasteiger partial charge in [0, 0.05) is 59.7 Å². The van der Waals surface area contributed by atoms with Crippen molar-refractivity contribution in [2.24, 2.45) is 0 Å². The van der Waals surface area contributed by atoms with E-state index in [4.69, 9.17) is 0 Å². The van der Waals surface area contributed by atoms with E-state index in [0.717, 1.165) is 46.2 Å². The van der Waals surface area contributed by atoms with Gasteiger partial charge in [0.05, 0.1) is 30.0 Å². The van der Waals surface area contributed by atoms with Crippen molar-refractivity contribution >= 4 is 64.5 Å². The van der Waals surface area contributed by atoms with Gasteiger partial charge in [0.15, 0.2) is 11.6 Å². The third-order valence-corrected chi connectivity index (χ3v) is 12.4. The fraction of sp³-hybridized carbons (Fsp3) is 0.222. The first-order valence-corrected chi connectivity index (χ1v) is 24.2. The van der Waals surface area contributed by atoms with Gasteiger partial charge >= 0.3 is 18.0 Å². The summed E-state index contributed by atoms with van der Waals surface area (Å²) in [4.78, 5) is 73.8. The lowest BCUT2D eigenvalue weighted by molar-refractivity contribution is 0.0696. The van der Waals surface area contributed by atoms with Gasteiger partial charge in [-0.1, -0.05) is 12.1 Å². The van der Waals surface area contributed by atoms with E-state index in [2.05, 4.69) is 46.5 Å². The number of halogens is 7. The molecule has 6 N–H and O–H groups in total. The number of nitrogens with zero attached hydrogens (tertiary/aromatic N) is 8. The van der Waals surface area contributed by atoms with Crippen molar-refractivity contribution in [2.45, 2.75) is 26.9 Å². The number of hydrogen-bond acceptors (Lipinski definition) is 12. The van der Waals surface area contributed by atoms with Crippen molar-refractivity contribution in [3.63, 3.8) is 0 Å². The highest BCUT2D eigenvalue weighted by molar-refractivity contribution is 6.06. The minimum Gasteiger partial charge on any atom is -0.478 e. The number of fused-ring (bicyclic) bond motifs is 2. The molecule has 0 bridgehead atoms. The lowest BCUT2D eigenvalue weighted by Crippen LogP contribution is -2.43. The van der Waals surface area contributed by atoms with E-state index < -0.39 is 76.0 Å². The zero-order valence-corrected chi connectivity index (χ0v) is 43.1. The third kappa shape index (κ3) is 12.2. The van der Waals surface area contributed by atoms with Gasteiger partial charge in [-0.2, -0.15) is 9.97 Å². The van der Waals surface area contributed by atoms with Crippen molar-refractivity contribution in [3.8, 4) is 22.5 Å². The molecule has 79 heavy (non-hydrogen) atoms. The lowest BCUT2D eigenvalue weighted by Gasteiger charge is -2.31. The van der Waals surface area contributed by atoms with Crippen LogP contribution in [-0.2, 0) is 13.1 Å². The number of aromatic carboxylic acids is 1.